The lowest BCUT2D eigenvalue weighted by Crippen LogP contribution is -2.08. The normalized spacial score (nSPS) is 12.2. The molecule has 106 valence electrons. The Morgan fingerprint density at radius 3 is 2.50 bits per heavy atom. The topological polar surface area (TPSA) is 52.5 Å². The molecular weight excluding hydrogens is 332 g/mol. The molecule has 0 aromatic heterocycles. The van der Waals surface area contributed by atoms with E-state index < -0.39 is 17.7 Å². The maximum atomic E-state index is 13.7. The van der Waals surface area contributed by atoms with Gasteiger partial charge in [0.2, 0.25) is 0 Å². The molecular formula is C14H12BrF2NO2. The van der Waals surface area contributed by atoms with Crippen LogP contribution in [0, 0.1) is 11.6 Å². The number of halogens is 3. The molecule has 6 heteroatoms. The number of hydrogen-bond acceptors (Lipinski definition) is 3. The van der Waals surface area contributed by atoms with E-state index in [1.807, 2.05) is 0 Å². The molecule has 1 atom stereocenters. The molecule has 2 rings (SSSR count). The van der Waals surface area contributed by atoms with Crippen molar-refractivity contribution in [2.45, 2.75) is 13.0 Å². The predicted octanol–water partition coefficient (Wildman–Crippen LogP) is 4.31. The van der Waals surface area contributed by atoms with Gasteiger partial charge >= 0.3 is 0 Å². The summed E-state index contributed by atoms with van der Waals surface area (Å²) in [6.45, 7) is 1.69. The van der Waals surface area contributed by atoms with E-state index in [4.69, 9.17) is 0 Å². The van der Waals surface area contributed by atoms with Crippen LogP contribution in [-0.2, 0) is 0 Å². The molecule has 0 heterocycles. The van der Waals surface area contributed by atoms with Crippen molar-refractivity contribution in [3.05, 3.63) is 52.0 Å². The molecule has 0 aliphatic carbocycles. The van der Waals surface area contributed by atoms with Gasteiger partial charge in [0.15, 0.2) is 0 Å². The quantitative estimate of drug-likeness (QED) is 0.574. The van der Waals surface area contributed by atoms with Gasteiger partial charge in [-0.25, -0.2) is 8.78 Å². The lowest BCUT2D eigenvalue weighted by Gasteiger charge is -2.18. The van der Waals surface area contributed by atoms with Crippen molar-refractivity contribution in [2.75, 3.05) is 5.32 Å². The van der Waals surface area contributed by atoms with Crippen LogP contribution < -0.4 is 5.32 Å². The Hall–Kier alpha value is -1.82. The van der Waals surface area contributed by atoms with Gasteiger partial charge in [0.05, 0.1) is 16.2 Å². The Morgan fingerprint density at radius 2 is 1.80 bits per heavy atom. The second-order valence-electron chi connectivity index (χ2n) is 4.36. The molecule has 0 radical (unpaired) electrons. The van der Waals surface area contributed by atoms with Crippen LogP contribution in [0.2, 0.25) is 0 Å². The Bertz CT molecular complexity index is 649. The van der Waals surface area contributed by atoms with Crippen LogP contribution in [0.4, 0.5) is 14.5 Å². The average Bonchev–Trinajstić information content (AvgIpc) is 2.38. The van der Waals surface area contributed by atoms with Crippen molar-refractivity contribution in [1.29, 1.82) is 0 Å². The maximum Gasteiger partial charge on any atom is 0.149 e. The molecule has 3 nitrogen and oxygen atoms in total. The van der Waals surface area contributed by atoms with Crippen molar-refractivity contribution < 1.29 is 19.0 Å². The summed E-state index contributed by atoms with van der Waals surface area (Å²) in [6.07, 6.45) is 0. The minimum atomic E-state index is -0.739. The first-order chi connectivity index (χ1) is 9.38. The van der Waals surface area contributed by atoms with Crippen LogP contribution >= 0.6 is 15.9 Å². The number of rotatable bonds is 3. The fourth-order valence-corrected chi connectivity index (χ4v) is 2.18. The summed E-state index contributed by atoms with van der Waals surface area (Å²) in [5.41, 5.74) is 0.498. The number of aromatic hydroxyl groups is 2. The number of phenols is 2. The standard InChI is InChI=1S/C14H12BrF2NO2/c1-7(9-4-8(19)2-3-14(9)20)18-13-5-10(15)11(16)6-12(13)17/h2-7,18-20H,1H3. The number of hydrogen-bond donors (Lipinski definition) is 3. The molecule has 1 unspecified atom stereocenters. The highest BCUT2D eigenvalue weighted by Crippen LogP contribution is 2.32. The molecule has 2 aromatic rings. The van der Waals surface area contributed by atoms with Crippen LogP contribution in [0.1, 0.15) is 18.5 Å². The predicted molar refractivity (Wildman–Crippen MR) is 75.9 cm³/mol. The molecule has 3 N–H and O–H groups in total. The molecule has 0 saturated heterocycles. The summed E-state index contributed by atoms with van der Waals surface area (Å²) in [6, 6.07) is 5.64. The van der Waals surface area contributed by atoms with E-state index in [-0.39, 0.29) is 21.7 Å². The molecule has 0 fully saturated rings. The van der Waals surface area contributed by atoms with E-state index >= 15 is 0 Å². The van der Waals surface area contributed by atoms with Crippen LogP contribution in [0.15, 0.2) is 34.8 Å². The Kier molecular flexibility index (Phi) is 4.13. The average molecular weight is 344 g/mol. The van der Waals surface area contributed by atoms with Gasteiger partial charge in [0.25, 0.3) is 0 Å². The number of nitrogens with one attached hydrogen (secondary N) is 1. The van der Waals surface area contributed by atoms with E-state index in [9.17, 15) is 19.0 Å². The lowest BCUT2D eigenvalue weighted by molar-refractivity contribution is 0.451. The SMILES string of the molecule is CC(Nc1cc(Br)c(F)cc1F)c1cc(O)ccc1O. The molecule has 0 bridgehead atoms. The maximum absolute atomic E-state index is 13.7. The van der Waals surface area contributed by atoms with Crippen molar-refractivity contribution >= 4 is 21.6 Å². The monoisotopic (exact) mass is 343 g/mol. The van der Waals surface area contributed by atoms with E-state index in [1.54, 1.807) is 6.92 Å². The van der Waals surface area contributed by atoms with Gasteiger partial charge in [-0.1, -0.05) is 0 Å². The van der Waals surface area contributed by atoms with Gasteiger partial charge in [-0.2, -0.15) is 0 Å². The summed E-state index contributed by atoms with van der Waals surface area (Å²) in [5.74, 6) is -1.46. The van der Waals surface area contributed by atoms with Gasteiger partial charge in [-0.3, -0.25) is 0 Å². The number of anilines is 1. The highest BCUT2D eigenvalue weighted by Gasteiger charge is 2.15. The van der Waals surface area contributed by atoms with Crippen LogP contribution in [0.25, 0.3) is 0 Å². The first kappa shape index (κ1) is 14.6. The zero-order chi connectivity index (χ0) is 14.9. The Labute approximate surface area is 123 Å². The van der Waals surface area contributed by atoms with Crippen LogP contribution in [0.5, 0.6) is 11.5 Å². The fraction of sp³-hybridized carbons (Fsp3) is 0.143. The molecule has 2 aromatic carbocycles. The largest absolute Gasteiger partial charge is 0.508 e. The molecule has 0 amide bonds. The Balaban J connectivity index is 2.30. The fourth-order valence-electron chi connectivity index (χ4n) is 1.83. The third-order valence-corrected chi connectivity index (χ3v) is 3.47. The van der Waals surface area contributed by atoms with Gasteiger partial charge in [-0.05, 0) is 47.1 Å². The van der Waals surface area contributed by atoms with E-state index in [1.165, 1.54) is 24.3 Å². The van der Waals surface area contributed by atoms with Gasteiger partial charge in [-0.15, -0.1) is 0 Å². The van der Waals surface area contributed by atoms with Gasteiger partial charge in [0, 0.05) is 11.6 Å². The van der Waals surface area contributed by atoms with E-state index in [0.29, 0.717) is 5.56 Å². The van der Waals surface area contributed by atoms with Gasteiger partial charge in [0.1, 0.15) is 23.1 Å². The highest BCUT2D eigenvalue weighted by molar-refractivity contribution is 9.10. The smallest absolute Gasteiger partial charge is 0.149 e. The first-order valence-electron chi connectivity index (χ1n) is 5.81. The molecule has 0 aliphatic heterocycles. The van der Waals surface area contributed by atoms with Crippen LogP contribution in [-0.4, -0.2) is 10.2 Å². The minimum absolute atomic E-state index is 0.00721. The van der Waals surface area contributed by atoms with Crippen molar-refractivity contribution in [2.24, 2.45) is 0 Å². The lowest BCUT2D eigenvalue weighted by atomic mass is 10.1. The van der Waals surface area contributed by atoms with E-state index in [2.05, 4.69) is 21.2 Å². The third kappa shape index (κ3) is 3.01. The summed E-state index contributed by atoms with van der Waals surface area (Å²) in [7, 11) is 0. The van der Waals surface area contributed by atoms with Crippen molar-refractivity contribution in [1.82, 2.24) is 0 Å². The van der Waals surface area contributed by atoms with E-state index in [0.717, 1.165) is 6.07 Å². The van der Waals surface area contributed by atoms with Crippen molar-refractivity contribution in [3.8, 4) is 11.5 Å². The first-order valence-corrected chi connectivity index (χ1v) is 6.60. The van der Waals surface area contributed by atoms with Crippen LogP contribution in [0.3, 0.4) is 0 Å². The molecule has 0 aliphatic rings. The summed E-state index contributed by atoms with van der Waals surface area (Å²) in [4.78, 5) is 0. The molecule has 0 saturated carbocycles. The summed E-state index contributed by atoms with van der Waals surface area (Å²) in [5, 5.41) is 22.0. The highest BCUT2D eigenvalue weighted by atomic mass is 79.9. The number of phenolic OH excluding ortho intramolecular Hbond substituents is 2. The second kappa shape index (κ2) is 5.66. The number of benzene rings is 2. The zero-order valence-corrected chi connectivity index (χ0v) is 12.1. The summed E-state index contributed by atoms with van der Waals surface area (Å²) < 4.78 is 26.9. The third-order valence-electron chi connectivity index (χ3n) is 2.86. The zero-order valence-electron chi connectivity index (χ0n) is 10.5. The van der Waals surface area contributed by atoms with Crippen molar-refractivity contribution in [3.63, 3.8) is 0 Å². The molecule has 0 spiro atoms. The Morgan fingerprint density at radius 1 is 1.10 bits per heavy atom. The van der Waals surface area contributed by atoms with Gasteiger partial charge < -0.3 is 15.5 Å². The molecule has 20 heavy (non-hydrogen) atoms. The second-order valence-corrected chi connectivity index (χ2v) is 5.21. The minimum Gasteiger partial charge on any atom is -0.508 e. The summed E-state index contributed by atoms with van der Waals surface area (Å²) >= 11 is 2.98.